The summed E-state index contributed by atoms with van der Waals surface area (Å²) in [4.78, 5) is 10.9. The monoisotopic (exact) mass is 210 g/mol. The molecule has 1 rings (SSSR count). The van der Waals surface area contributed by atoms with Crippen LogP contribution in [0.5, 0.6) is 0 Å². The van der Waals surface area contributed by atoms with E-state index in [0.29, 0.717) is 5.30 Å². The Balaban J connectivity index is 2.92. The lowest BCUT2D eigenvalue weighted by atomic mass is 10.4. The van der Waals surface area contributed by atoms with Crippen LogP contribution < -0.4 is 5.30 Å². The molecule has 0 bridgehead atoms. The topological polar surface area (TPSA) is 43.4 Å². The number of carbonyl (C=O) groups is 1. The molecule has 4 heteroatoms. The molecule has 0 aromatic heterocycles. The summed E-state index contributed by atoms with van der Waals surface area (Å²) in [5.74, 6) is -0.667. The molecule has 1 atom stereocenters. The van der Waals surface area contributed by atoms with E-state index >= 15 is 0 Å². The third-order valence-electron chi connectivity index (χ3n) is 1.66. The summed E-state index contributed by atoms with van der Waals surface area (Å²) < 4.78 is 16.7. The highest BCUT2D eigenvalue weighted by Gasteiger charge is 2.21. The predicted molar refractivity (Wildman–Crippen MR) is 55.9 cm³/mol. The normalized spacial score (nSPS) is 14.1. The van der Waals surface area contributed by atoms with Gasteiger partial charge in [0.05, 0.1) is 0 Å². The van der Waals surface area contributed by atoms with E-state index in [1.807, 2.05) is 0 Å². The molecule has 0 aliphatic carbocycles. The molecule has 3 nitrogen and oxygen atoms in total. The minimum atomic E-state index is -3.04. The molecule has 0 heterocycles. The summed E-state index contributed by atoms with van der Waals surface area (Å²) in [6.45, 7) is 4.65. The van der Waals surface area contributed by atoms with Gasteiger partial charge in [-0.25, -0.2) is 4.79 Å². The first kappa shape index (κ1) is 10.7. The van der Waals surface area contributed by atoms with Crippen molar-refractivity contribution in [2.24, 2.45) is 0 Å². The van der Waals surface area contributed by atoms with E-state index in [1.54, 1.807) is 30.3 Å². The third-order valence-corrected chi connectivity index (χ3v) is 3.42. The smallest absolute Gasteiger partial charge is 0.335 e. The molecule has 0 aliphatic heterocycles. The van der Waals surface area contributed by atoms with Gasteiger partial charge >= 0.3 is 5.97 Å². The Morgan fingerprint density at radius 3 is 2.50 bits per heavy atom. The summed E-state index contributed by atoms with van der Waals surface area (Å²) in [6, 6.07) is 8.62. The second-order valence-corrected chi connectivity index (χ2v) is 5.19. The van der Waals surface area contributed by atoms with Gasteiger partial charge in [-0.15, -0.1) is 0 Å². The van der Waals surface area contributed by atoms with Gasteiger partial charge in [-0.1, -0.05) is 24.8 Å². The summed E-state index contributed by atoms with van der Waals surface area (Å²) in [5, 5.41) is 0.523. The predicted octanol–water partition coefficient (Wildman–Crippen LogP) is 1.95. The van der Waals surface area contributed by atoms with Gasteiger partial charge in [-0.2, -0.15) is 0 Å². The van der Waals surface area contributed by atoms with Gasteiger partial charge in [-0.05, 0) is 12.1 Å². The Kier molecular flexibility index (Phi) is 3.26. The van der Waals surface area contributed by atoms with Gasteiger partial charge in [0.15, 0.2) is 0 Å². The Bertz CT molecular complexity index is 384. The zero-order valence-corrected chi connectivity index (χ0v) is 8.74. The zero-order valence-electron chi connectivity index (χ0n) is 7.84. The maximum absolute atomic E-state index is 11.9. The van der Waals surface area contributed by atoms with Gasteiger partial charge in [0.2, 0.25) is 0 Å². The molecular weight excluding hydrogens is 199 g/mol. The van der Waals surface area contributed by atoms with Crippen LogP contribution in [0.4, 0.5) is 0 Å². The van der Waals surface area contributed by atoms with Crippen molar-refractivity contribution in [2.45, 2.75) is 0 Å². The average Bonchev–Trinajstić information content (AvgIpc) is 2.18. The number of rotatable bonds is 3. The average molecular weight is 210 g/mol. The van der Waals surface area contributed by atoms with Gasteiger partial charge < -0.3 is 4.52 Å². The van der Waals surface area contributed by atoms with Gasteiger partial charge in [-0.3, -0.25) is 4.57 Å². The van der Waals surface area contributed by atoms with Gasteiger partial charge in [0.25, 0.3) is 7.37 Å². The van der Waals surface area contributed by atoms with E-state index < -0.39 is 13.3 Å². The van der Waals surface area contributed by atoms with Crippen LogP contribution in [0.1, 0.15) is 0 Å². The Morgan fingerprint density at radius 2 is 2.00 bits per heavy atom. The zero-order chi connectivity index (χ0) is 10.6. The van der Waals surface area contributed by atoms with Crippen LogP contribution in [0.3, 0.4) is 0 Å². The molecule has 0 aliphatic rings. The van der Waals surface area contributed by atoms with E-state index in [1.165, 1.54) is 6.66 Å². The van der Waals surface area contributed by atoms with Crippen molar-refractivity contribution in [3.05, 3.63) is 43.0 Å². The molecule has 0 N–H and O–H groups in total. The fraction of sp³-hybridized carbons (Fsp3) is 0.100. The molecule has 0 spiro atoms. The first-order chi connectivity index (χ1) is 6.56. The first-order valence-corrected chi connectivity index (χ1v) is 6.12. The lowest BCUT2D eigenvalue weighted by Gasteiger charge is -2.12. The summed E-state index contributed by atoms with van der Waals surface area (Å²) in [6.07, 6.45) is 0.999. The molecule has 14 heavy (non-hydrogen) atoms. The quantitative estimate of drug-likeness (QED) is 0.565. The largest absolute Gasteiger partial charge is 0.405 e. The highest BCUT2D eigenvalue weighted by molar-refractivity contribution is 7.66. The van der Waals surface area contributed by atoms with E-state index in [0.717, 1.165) is 6.08 Å². The van der Waals surface area contributed by atoms with Crippen LogP contribution in [-0.4, -0.2) is 12.6 Å². The van der Waals surface area contributed by atoms with Gasteiger partial charge in [0, 0.05) is 18.0 Å². The molecule has 1 aromatic rings. The molecule has 1 unspecified atom stereocenters. The van der Waals surface area contributed by atoms with Crippen molar-refractivity contribution in [3.63, 3.8) is 0 Å². The minimum absolute atomic E-state index is 0.523. The molecule has 1 aromatic carbocycles. The third kappa shape index (κ3) is 2.57. The summed E-state index contributed by atoms with van der Waals surface area (Å²) >= 11 is 0. The first-order valence-electron chi connectivity index (χ1n) is 4.05. The number of benzene rings is 1. The highest BCUT2D eigenvalue weighted by atomic mass is 31.2. The molecule has 0 radical (unpaired) electrons. The summed E-state index contributed by atoms with van der Waals surface area (Å²) in [5.41, 5.74) is 0. The Labute approximate surface area is 82.9 Å². The van der Waals surface area contributed by atoms with Crippen LogP contribution in [0, 0.1) is 0 Å². The van der Waals surface area contributed by atoms with E-state index in [4.69, 9.17) is 4.52 Å². The molecule has 0 saturated carbocycles. The van der Waals surface area contributed by atoms with E-state index in [2.05, 4.69) is 6.58 Å². The maximum Gasteiger partial charge on any atom is 0.335 e. The lowest BCUT2D eigenvalue weighted by Crippen LogP contribution is -2.08. The van der Waals surface area contributed by atoms with Crippen molar-refractivity contribution in [1.82, 2.24) is 0 Å². The van der Waals surface area contributed by atoms with Crippen LogP contribution in [0.2, 0.25) is 0 Å². The number of hydrogen-bond donors (Lipinski definition) is 0. The maximum atomic E-state index is 11.9. The lowest BCUT2D eigenvalue weighted by molar-refractivity contribution is -0.128. The van der Waals surface area contributed by atoms with Gasteiger partial charge in [0.1, 0.15) is 0 Å². The van der Waals surface area contributed by atoms with Crippen LogP contribution >= 0.6 is 7.37 Å². The van der Waals surface area contributed by atoms with Crippen molar-refractivity contribution >= 4 is 18.6 Å². The summed E-state index contributed by atoms with van der Waals surface area (Å²) in [7, 11) is -3.04. The van der Waals surface area contributed by atoms with E-state index in [-0.39, 0.29) is 0 Å². The fourth-order valence-corrected chi connectivity index (χ4v) is 2.20. The van der Waals surface area contributed by atoms with Crippen molar-refractivity contribution in [2.75, 3.05) is 6.66 Å². The SMILES string of the molecule is C=CC(=O)OP(C)(=O)c1ccccc1. The number of hydrogen-bond acceptors (Lipinski definition) is 3. The fourth-order valence-electron chi connectivity index (χ4n) is 0.960. The second kappa shape index (κ2) is 4.25. The van der Waals surface area contributed by atoms with Crippen LogP contribution in [0.15, 0.2) is 43.0 Å². The van der Waals surface area contributed by atoms with Crippen LogP contribution in [-0.2, 0) is 13.9 Å². The Hall–Kier alpha value is -1.34. The van der Waals surface area contributed by atoms with E-state index in [9.17, 15) is 9.36 Å². The molecule has 74 valence electrons. The standard InChI is InChI=1S/C10H11O3P/c1-3-10(11)13-14(2,12)9-7-5-4-6-8-9/h3-8H,1H2,2H3. The second-order valence-electron chi connectivity index (χ2n) is 2.80. The minimum Gasteiger partial charge on any atom is -0.405 e. The highest BCUT2D eigenvalue weighted by Crippen LogP contribution is 2.41. The van der Waals surface area contributed by atoms with Crippen molar-refractivity contribution in [3.8, 4) is 0 Å². The Morgan fingerprint density at radius 1 is 1.43 bits per heavy atom. The molecular formula is C10H11O3P. The molecule has 0 amide bonds. The van der Waals surface area contributed by atoms with Crippen molar-refractivity contribution in [1.29, 1.82) is 0 Å². The number of carbonyl (C=O) groups excluding carboxylic acids is 1. The molecule has 0 saturated heterocycles. The molecule has 0 fully saturated rings. The van der Waals surface area contributed by atoms with Crippen molar-refractivity contribution < 1.29 is 13.9 Å². The van der Waals surface area contributed by atoms with Crippen LogP contribution in [0.25, 0.3) is 0 Å².